The Morgan fingerprint density at radius 2 is 2.24 bits per heavy atom. The lowest BCUT2D eigenvalue weighted by molar-refractivity contribution is 0.00630. The first-order valence-electron chi connectivity index (χ1n) is 6.31. The van der Waals surface area contributed by atoms with E-state index in [9.17, 15) is 5.11 Å². The highest BCUT2D eigenvalue weighted by atomic mass is 32.1. The van der Waals surface area contributed by atoms with Crippen molar-refractivity contribution in [2.24, 2.45) is 5.73 Å². The van der Waals surface area contributed by atoms with Crippen LogP contribution in [0.2, 0.25) is 0 Å². The van der Waals surface area contributed by atoms with E-state index in [4.69, 9.17) is 5.73 Å². The van der Waals surface area contributed by atoms with Crippen LogP contribution >= 0.6 is 11.3 Å². The van der Waals surface area contributed by atoms with Crippen molar-refractivity contribution in [3.05, 3.63) is 22.4 Å². The van der Waals surface area contributed by atoms with E-state index in [0.29, 0.717) is 6.54 Å². The Kier molecular flexibility index (Phi) is 4.20. The van der Waals surface area contributed by atoms with Gasteiger partial charge in [-0.25, -0.2) is 0 Å². The van der Waals surface area contributed by atoms with Gasteiger partial charge >= 0.3 is 0 Å². The Bertz CT molecular complexity index is 333. The number of hydrogen-bond donors (Lipinski definition) is 2. The van der Waals surface area contributed by atoms with E-state index >= 15 is 0 Å². The van der Waals surface area contributed by atoms with E-state index in [2.05, 4.69) is 29.5 Å². The van der Waals surface area contributed by atoms with Gasteiger partial charge in [-0.05, 0) is 31.3 Å². The van der Waals surface area contributed by atoms with Crippen molar-refractivity contribution in [3.8, 4) is 0 Å². The molecule has 4 heteroatoms. The van der Waals surface area contributed by atoms with Gasteiger partial charge in [-0.3, -0.25) is 4.90 Å². The van der Waals surface area contributed by atoms with Gasteiger partial charge in [-0.2, -0.15) is 0 Å². The molecule has 1 fully saturated rings. The molecule has 0 radical (unpaired) electrons. The van der Waals surface area contributed by atoms with Crippen LogP contribution in [0.1, 0.15) is 36.6 Å². The molecule has 1 aromatic rings. The molecule has 2 rings (SSSR count). The average Bonchev–Trinajstić information content (AvgIpc) is 2.91. The number of nitrogens with two attached hydrogens (primary N) is 1. The molecule has 0 aliphatic heterocycles. The lowest BCUT2D eigenvalue weighted by Gasteiger charge is -2.33. The number of likely N-dealkylation sites (N-methyl/N-ethyl adjacent to an activating group) is 1. The molecule has 0 amide bonds. The highest BCUT2D eigenvalue weighted by Crippen LogP contribution is 2.32. The lowest BCUT2D eigenvalue weighted by atomic mass is 10.0. The third kappa shape index (κ3) is 3.07. The van der Waals surface area contributed by atoms with Crippen LogP contribution in [0.3, 0.4) is 0 Å². The normalized spacial score (nSPS) is 20.9. The molecule has 1 unspecified atom stereocenters. The van der Waals surface area contributed by atoms with Crippen molar-refractivity contribution >= 4 is 11.3 Å². The quantitative estimate of drug-likeness (QED) is 0.845. The summed E-state index contributed by atoms with van der Waals surface area (Å²) >= 11 is 1.74. The summed E-state index contributed by atoms with van der Waals surface area (Å²) in [6.07, 6.45) is 4.16. The van der Waals surface area contributed by atoms with Crippen molar-refractivity contribution in [2.45, 2.75) is 37.3 Å². The second kappa shape index (κ2) is 5.48. The maximum Gasteiger partial charge on any atom is 0.0774 e. The average molecular weight is 254 g/mol. The van der Waals surface area contributed by atoms with E-state index in [1.54, 1.807) is 11.3 Å². The van der Waals surface area contributed by atoms with E-state index in [0.717, 1.165) is 32.2 Å². The van der Waals surface area contributed by atoms with Gasteiger partial charge in [0.05, 0.1) is 11.6 Å². The van der Waals surface area contributed by atoms with Crippen molar-refractivity contribution in [3.63, 3.8) is 0 Å². The van der Waals surface area contributed by atoms with E-state index in [-0.39, 0.29) is 6.04 Å². The molecular formula is C13H22N2OS. The second-order valence-electron chi connectivity index (χ2n) is 5.11. The van der Waals surface area contributed by atoms with E-state index in [1.165, 1.54) is 4.88 Å². The molecule has 0 saturated heterocycles. The van der Waals surface area contributed by atoms with Gasteiger partial charge < -0.3 is 10.8 Å². The van der Waals surface area contributed by atoms with Gasteiger partial charge in [-0.15, -0.1) is 11.3 Å². The first-order chi connectivity index (χ1) is 8.14. The molecular weight excluding hydrogens is 232 g/mol. The largest absolute Gasteiger partial charge is 0.389 e. The second-order valence-corrected chi connectivity index (χ2v) is 6.09. The van der Waals surface area contributed by atoms with Gasteiger partial charge in [0.1, 0.15) is 0 Å². The summed E-state index contributed by atoms with van der Waals surface area (Å²) in [5, 5.41) is 12.5. The Labute approximate surface area is 107 Å². The fourth-order valence-corrected chi connectivity index (χ4v) is 3.66. The number of rotatable bonds is 5. The van der Waals surface area contributed by atoms with Crippen molar-refractivity contribution in [1.29, 1.82) is 0 Å². The van der Waals surface area contributed by atoms with Gasteiger partial charge in [0.2, 0.25) is 0 Å². The zero-order valence-corrected chi connectivity index (χ0v) is 11.2. The molecule has 1 atom stereocenters. The van der Waals surface area contributed by atoms with E-state index in [1.807, 2.05) is 0 Å². The van der Waals surface area contributed by atoms with Crippen molar-refractivity contribution in [1.82, 2.24) is 4.90 Å². The Morgan fingerprint density at radius 1 is 1.53 bits per heavy atom. The Balaban J connectivity index is 2.00. The van der Waals surface area contributed by atoms with Crippen LogP contribution < -0.4 is 5.73 Å². The predicted octanol–water partition coefficient (Wildman–Crippen LogP) is 1.98. The molecule has 1 aliphatic rings. The first kappa shape index (κ1) is 13.0. The summed E-state index contributed by atoms with van der Waals surface area (Å²) < 4.78 is 0. The molecule has 96 valence electrons. The standard InChI is InChI=1S/C13H22N2OS/c1-15(10-13(16)6-2-3-7-13)11(9-14)12-5-4-8-17-12/h4-5,8,11,16H,2-3,6-7,9-10,14H2,1H3. The fourth-order valence-electron chi connectivity index (χ4n) is 2.76. The van der Waals surface area contributed by atoms with Crippen LogP contribution in [0.4, 0.5) is 0 Å². The number of nitrogens with zero attached hydrogens (tertiary/aromatic N) is 1. The van der Waals surface area contributed by atoms with Crippen LogP contribution in [0, 0.1) is 0 Å². The maximum atomic E-state index is 10.4. The van der Waals surface area contributed by atoms with Crippen molar-refractivity contribution < 1.29 is 5.11 Å². The molecule has 1 aliphatic carbocycles. The SMILES string of the molecule is CN(CC1(O)CCCC1)C(CN)c1cccs1. The molecule has 17 heavy (non-hydrogen) atoms. The van der Waals surface area contributed by atoms with E-state index < -0.39 is 5.60 Å². The predicted molar refractivity (Wildman–Crippen MR) is 72.2 cm³/mol. The fraction of sp³-hybridized carbons (Fsp3) is 0.692. The van der Waals surface area contributed by atoms with Crippen LogP contribution in [0.5, 0.6) is 0 Å². The molecule has 0 spiro atoms. The minimum absolute atomic E-state index is 0.236. The summed E-state index contributed by atoms with van der Waals surface area (Å²) in [5.41, 5.74) is 5.38. The van der Waals surface area contributed by atoms with Crippen LogP contribution in [-0.2, 0) is 0 Å². The van der Waals surface area contributed by atoms with Gasteiger partial charge in [-0.1, -0.05) is 18.9 Å². The third-order valence-corrected chi connectivity index (χ3v) is 4.68. The highest BCUT2D eigenvalue weighted by Gasteiger charge is 2.33. The molecule has 3 N–H and O–H groups in total. The summed E-state index contributed by atoms with van der Waals surface area (Å²) in [6, 6.07) is 4.41. The molecule has 0 bridgehead atoms. The van der Waals surface area contributed by atoms with Gasteiger partial charge in [0, 0.05) is 18.0 Å². The smallest absolute Gasteiger partial charge is 0.0774 e. The summed E-state index contributed by atoms with van der Waals surface area (Å²) in [5.74, 6) is 0. The summed E-state index contributed by atoms with van der Waals surface area (Å²) in [7, 11) is 2.06. The summed E-state index contributed by atoms with van der Waals surface area (Å²) in [4.78, 5) is 3.49. The van der Waals surface area contributed by atoms with Crippen molar-refractivity contribution in [2.75, 3.05) is 20.1 Å². The summed E-state index contributed by atoms with van der Waals surface area (Å²) in [6.45, 7) is 1.33. The third-order valence-electron chi connectivity index (χ3n) is 3.70. The van der Waals surface area contributed by atoms with Gasteiger partial charge in [0.15, 0.2) is 0 Å². The highest BCUT2D eigenvalue weighted by molar-refractivity contribution is 7.10. The van der Waals surface area contributed by atoms with Crippen LogP contribution in [-0.4, -0.2) is 35.7 Å². The monoisotopic (exact) mass is 254 g/mol. The number of thiophene rings is 1. The Hall–Kier alpha value is -0.420. The number of aliphatic hydroxyl groups is 1. The number of hydrogen-bond acceptors (Lipinski definition) is 4. The minimum Gasteiger partial charge on any atom is -0.389 e. The first-order valence-corrected chi connectivity index (χ1v) is 7.19. The van der Waals surface area contributed by atoms with Gasteiger partial charge in [0.25, 0.3) is 0 Å². The molecule has 1 saturated carbocycles. The molecule has 0 aromatic carbocycles. The zero-order chi connectivity index (χ0) is 12.3. The molecule has 3 nitrogen and oxygen atoms in total. The zero-order valence-electron chi connectivity index (χ0n) is 10.4. The van der Waals surface area contributed by atoms with Crippen LogP contribution in [0.15, 0.2) is 17.5 Å². The molecule has 1 heterocycles. The molecule has 1 aromatic heterocycles. The lowest BCUT2D eigenvalue weighted by Crippen LogP contribution is -2.42. The Morgan fingerprint density at radius 3 is 2.76 bits per heavy atom. The minimum atomic E-state index is -0.487. The van der Waals surface area contributed by atoms with Crippen LogP contribution in [0.25, 0.3) is 0 Å². The topological polar surface area (TPSA) is 49.5 Å². The maximum absolute atomic E-state index is 10.4.